The maximum absolute atomic E-state index is 12.7. The first-order valence-corrected chi connectivity index (χ1v) is 11.1. The number of imide groups is 1. The summed E-state index contributed by atoms with van der Waals surface area (Å²) in [5.41, 5.74) is 3.12. The highest BCUT2D eigenvalue weighted by Gasteiger charge is 2.35. The minimum atomic E-state index is -1.03. The number of carbonyl (C=O) groups excluding carboxylic acids is 4. The Hall–Kier alpha value is -4.46. The summed E-state index contributed by atoms with van der Waals surface area (Å²) in [6.07, 6.45) is -1.03. The fourth-order valence-electron chi connectivity index (χ4n) is 3.73. The molecule has 3 amide bonds. The van der Waals surface area contributed by atoms with Gasteiger partial charge in [0.15, 0.2) is 6.10 Å². The van der Waals surface area contributed by atoms with Gasteiger partial charge in [-0.25, -0.2) is 4.79 Å². The largest absolute Gasteiger partial charge is 0.449 e. The van der Waals surface area contributed by atoms with Crippen LogP contribution in [0.4, 0.5) is 11.4 Å². The van der Waals surface area contributed by atoms with E-state index in [1.165, 1.54) is 6.92 Å². The zero-order valence-electron chi connectivity index (χ0n) is 19.6. The second-order valence-corrected chi connectivity index (χ2v) is 8.42. The zero-order chi connectivity index (χ0) is 25.1. The Morgan fingerprint density at radius 3 is 2.14 bits per heavy atom. The van der Waals surface area contributed by atoms with Crippen molar-refractivity contribution < 1.29 is 23.9 Å². The lowest BCUT2D eigenvalue weighted by Gasteiger charge is -2.16. The number of rotatable bonds is 7. The summed E-state index contributed by atoms with van der Waals surface area (Å²) >= 11 is 0. The van der Waals surface area contributed by atoms with Crippen molar-refractivity contribution in [3.8, 4) is 0 Å². The number of hydrogen-bond donors (Lipinski definition) is 1. The molecule has 0 aliphatic carbocycles. The molecule has 8 nitrogen and oxygen atoms in total. The quantitative estimate of drug-likeness (QED) is 0.417. The first kappa shape index (κ1) is 23.7. The number of nitrogens with zero attached hydrogens (tertiary/aromatic N) is 2. The molecule has 35 heavy (non-hydrogen) atoms. The second-order valence-electron chi connectivity index (χ2n) is 8.42. The van der Waals surface area contributed by atoms with Crippen LogP contribution in [0.15, 0.2) is 72.8 Å². The number of ether oxygens (including phenoxy) is 1. The molecular formula is C27H25N3O5. The predicted molar refractivity (Wildman–Crippen MR) is 131 cm³/mol. The summed E-state index contributed by atoms with van der Waals surface area (Å²) in [4.78, 5) is 53.5. The lowest BCUT2D eigenvalue weighted by Crippen LogP contribution is -2.30. The molecule has 3 aromatic carbocycles. The van der Waals surface area contributed by atoms with E-state index in [0.717, 1.165) is 10.6 Å². The van der Waals surface area contributed by atoms with Crippen LogP contribution in [0.25, 0.3) is 0 Å². The van der Waals surface area contributed by atoms with Crippen molar-refractivity contribution in [3.63, 3.8) is 0 Å². The maximum Gasteiger partial charge on any atom is 0.338 e. The summed E-state index contributed by atoms with van der Waals surface area (Å²) in [6.45, 7) is 1.51. The molecule has 0 fully saturated rings. The highest BCUT2D eigenvalue weighted by atomic mass is 16.5. The van der Waals surface area contributed by atoms with Crippen molar-refractivity contribution in [2.75, 3.05) is 24.3 Å². The van der Waals surface area contributed by atoms with Crippen LogP contribution in [0, 0.1) is 0 Å². The van der Waals surface area contributed by atoms with Gasteiger partial charge in [0.1, 0.15) is 0 Å². The van der Waals surface area contributed by atoms with Crippen LogP contribution in [0.1, 0.15) is 43.6 Å². The number of benzene rings is 3. The molecule has 0 saturated carbocycles. The van der Waals surface area contributed by atoms with Crippen LogP contribution in [0.3, 0.4) is 0 Å². The Labute approximate surface area is 203 Å². The van der Waals surface area contributed by atoms with Gasteiger partial charge in [0.25, 0.3) is 17.7 Å². The summed E-state index contributed by atoms with van der Waals surface area (Å²) in [5.74, 6) is -1.89. The summed E-state index contributed by atoms with van der Waals surface area (Å²) in [6, 6.07) is 20.4. The molecule has 1 heterocycles. The third-order valence-corrected chi connectivity index (χ3v) is 5.69. The number of hydrogen-bond acceptors (Lipinski definition) is 6. The molecule has 4 rings (SSSR count). The van der Waals surface area contributed by atoms with E-state index in [1.807, 2.05) is 31.1 Å². The average molecular weight is 472 g/mol. The van der Waals surface area contributed by atoms with E-state index in [2.05, 4.69) is 5.32 Å². The average Bonchev–Trinajstić information content (AvgIpc) is 3.09. The summed E-state index contributed by atoms with van der Waals surface area (Å²) < 4.78 is 5.34. The monoisotopic (exact) mass is 471 g/mol. The Bertz CT molecular complexity index is 1270. The van der Waals surface area contributed by atoms with Crippen LogP contribution in [0.5, 0.6) is 0 Å². The van der Waals surface area contributed by atoms with Gasteiger partial charge in [0, 0.05) is 25.5 Å². The van der Waals surface area contributed by atoms with Gasteiger partial charge in [0.2, 0.25) is 0 Å². The van der Waals surface area contributed by atoms with Crippen LogP contribution in [-0.4, -0.2) is 48.8 Å². The van der Waals surface area contributed by atoms with Gasteiger partial charge in [-0.3, -0.25) is 19.3 Å². The number of anilines is 2. The van der Waals surface area contributed by atoms with E-state index in [0.29, 0.717) is 22.4 Å². The first-order chi connectivity index (χ1) is 16.7. The van der Waals surface area contributed by atoms with Crippen molar-refractivity contribution in [1.82, 2.24) is 4.90 Å². The normalized spacial score (nSPS) is 13.3. The molecule has 1 aliphatic rings. The highest BCUT2D eigenvalue weighted by molar-refractivity contribution is 6.21. The Morgan fingerprint density at radius 2 is 1.54 bits per heavy atom. The van der Waals surface area contributed by atoms with E-state index in [1.54, 1.807) is 60.7 Å². The lowest BCUT2D eigenvalue weighted by molar-refractivity contribution is -0.123. The number of carbonyl (C=O) groups is 4. The van der Waals surface area contributed by atoms with Crippen LogP contribution >= 0.6 is 0 Å². The molecular weight excluding hydrogens is 446 g/mol. The van der Waals surface area contributed by atoms with E-state index < -0.39 is 18.0 Å². The highest BCUT2D eigenvalue weighted by Crippen LogP contribution is 2.24. The molecule has 1 N–H and O–H groups in total. The topological polar surface area (TPSA) is 96.0 Å². The molecule has 178 valence electrons. The molecule has 0 bridgehead atoms. The molecule has 8 heteroatoms. The molecule has 0 radical (unpaired) electrons. The van der Waals surface area contributed by atoms with Crippen molar-refractivity contribution >= 4 is 35.1 Å². The Balaban J connectivity index is 1.38. The third kappa shape index (κ3) is 5.06. The van der Waals surface area contributed by atoms with E-state index >= 15 is 0 Å². The number of fused-ring (bicyclic) bond motifs is 1. The molecule has 0 aromatic heterocycles. The lowest BCUT2D eigenvalue weighted by atomic mass is 10.1. The molecule has 0 saturated heterocycles. The van der Waals surface area contributed by atoms with Gasteiger partial charge in [0.05, 0.1) is 23.2 Å². The number of nitrogens with one attached hydrogen (secondary N) is 1. The zero-order valence-corrected chi connectivity index (χ0v) is 19.6. The molecule has 1 aliphatic heterocycles. The van der Waals surface area contributed by atoms with E-state index in [9.17, 15) is 19.2 Å². The van der Waals surface area contributed by atoms with Crippen molar-refractivity contribution in [3.05, 3.63) is 95.1 Å². The number of esters is 1. The summed E-state index contributed by atoms with van der Waals surface area (Å²) in [5, 5.41) is 2.73. The number of amides is 3. The van der Waals surface area contributed by atoms with Gasteiger partial charge in [-0.15, -0.1) is 0 Å². The van der Waals surface area contributed by atoms with Crippen LogP contribution < -0.4 is 10.2 Å². The fraction of sp³-hybridized carbons (Fsp3) is 0.185. The Morgan fingerprint density at radius 1 is 0.914 bits per heavy atom. The van der Waals surface area contributed by atoms with Crippen LogP contribution in [-0.2, 0) is 16.1 Å². The fourth-order valence-corrected chi connectivity index (χ4v) is 3.73. The SMILES string of the molecule is CC(OC(=O)c1cccc(CN2C(=O)c3ccccc3C2=O)c1)C(=O)Nc1ccc(N(C)C)cc1. The smallest absolute Gasteiger partial charge is 0.338 e. The summed E-state index contributed by atoms with van der Waals surface area (Å²) in [7, 11) is 3.84. The minimum Gasteiger partial charge on any atom is -0.449 e. The standard InChI is InChI=1S/C27H25N3O5/c1-17(24(31)28-20-11-13-21(14-12-20)29(2)3)35-27(34)19-8-6-7-18(15-19)16-30-25(32)22-9-4-5-10-23(22)26(30)33/h4-15,17H,16H2,1-3H3,(H,28,31). The van der Waals surface area contributed by atoms with Gasteiger partial charge in [-0.1, -0.05) is 24.3 Å². The van der Waals surface area contributed by atoms with Crippen molar-refractivity contribution in [2.24, 2.45) is 0 Å². The van der Waals surface area contributed by atoms with Gasteiger partial charge < -0.3 is 15.0 Å². The minimum absolute atomic E-state index is 0.0203. The van der Waals surface area contributed by atoms with Gasteiger partial charge in [-0.05, 0) is 61.0 Å². The first-order valence-electron chi connectivity index (χ1n) is 11.1. The van der Waals surface area contributed by atoms with Gasteiger partial charge in [-0.2, -0.15) is 0 Å². The molecule has 1 atom stereocenters. The second kappa shape index (κ2) is 9.80. The third-order valence-electron chi connectivity index (χ3n) is 5.69. The van der Waals surface area contributed by atoms with Crippen LogP contribution in [0.2, 0.25) is 0 Å². The molecule has 0 spiro atoms. The van der Waals surface area contributed by atoms with Gasteiger partial charge >= 0.3 is 5.97 Å². The maximum atomic E-state index is 12.7. The van der Waals surface area contributed by atoms with E-state index in [-0.39, 0.29) is 23.9 Å². The molecule has 3 aromatic rings. The van der Waals surface area contributed by atoms with Crippen molar-refractivity contribution in [2.45, 2.75) is 19.6 Å². The van der Waals surface area contributed by atoms with Crippen molar-refractivity contribution in [1.29, 1.82) is 0 Å². The molecule has 1 unspecified atom stereocenters. The predicted octanol–water partition coefficient (Wildman–Crippen LogP) is 3.73. The Kier molecular flexibility index (Phi) is 6.64. The van der Waals surface area contributed by atoms with E-state index in [4.69, 9.17) is 4.74 Å².